The van der Waals surface area contributed by atoms with Crippen LogP contribution in [0.2, 0.25) is 0 Å². The van der Waals surface area contributed by atoms with Gasteiger partial charge in [-0.15, -0.1) is 0 Å². The predicted molar refractivity (Wildman–Crippen MR) is 108 cm³/mol. The van der Waals surface area contributed by atoms with Crippen molar-refractivity contribution < 1.29 is 9.21 Å². The van der Waals surface area contributed by atoms with E-state index in [9.17, 15) is 4.79 Å². The Labute approximate surface area is 163 Å². The first-order chi connectivity index (χ1) is 13.6. The van der Waals surface area contributed by atoms with Gasteiger partial charge in [0.1, 0.15) is 0 Å². The molecule has 0 spiro atoms. The zero-order chi connectivity index (χ0) is 19.5. The second-order valence-corrected chi connectivity index (χ2v) is 6.61. The van der Waals surface area contributed by atoms with Crippen molar-refractivity contribution in [1.29, 1.82) is 0 Å². The fourth-order valence-electron chi connectivity index (χ4n) is 3.33. The molecule has 140 valence electrons. The summed E-state index contributed by atoms with van der Waals surface area (Å²) in [5.41, 5.74) is 5.64. The molecule has 0 saturated heterocycles. The molecular formula is C23H21N3O2. The van der Waals surface area contributed by atoms with Crippen molar-refractivity contribution in [2.75, 3.05) is 0 Å². The molecule has 0 saturated carbocycles. The summed E-state index contributed by atoms with van der Waals surface area (Å²) in [7, 11) is 0. The fraction of sp³-hybridized carbons (Fsp3) is 0.130. The number of carbonyl (C=O) groups excluding carboxylic acids is 1. The highest BCUT2D eigenvalue weighted by molar-refractivity contribution is 5.98. The fourth-order valence-corrected chi connectivity index (χ4v) is 3.33. The third kappa shape index (κ3) is 3.34. The molecule has 0 aliphatic carbocycles. The number of nitrogens with zero attached hydrogens (tertiary/aromatic N) is 2. The zero-order valence-corrected chi connectivity index (χ0v) is 15.8. The van der Waals surface area contributed by atoms with E-state index in [4.69, 9.17) is 4.42 Å². The number of furan rings is 1. The van der Waals surface area contributed by atoms with Crippen molar-refractivity contribution in [3.63, 3.8) is 0 Å². The highest BCUT2D eigenvalue weighted by atomic mass is 16.3. The summed E-state index contributed by atoms with van der Waals surface area (Å²) in [5.74, 6) is 0.0760. The van der Waals surface area contributed by atoms with Gasteiger partial charge in [-0.05, 0) is 37.6 Å². The average Bonchev–Trinajstić information content (AvgIpc) is 3.33. The molecule has 28 heavy (non-hydrogen) atoms. The largest absolute Gasteiger partial charge is 0.459 e. The predicted octanol–water partition coefficient (Wildman–Crippen LogP) is 4.68. The van der Waals surface area contributed by atoms with Crippen molar-refractivity contribution in [2.24, 2.45) is 0 Å². The van der Waals surface area contributed by atoms with Crippen LogP contribution >= 0.6 is 0 Å². The number of rotatable bonds is 5. The van der Waals surface area contributed by atoms with E-state index in [0.717, 1.165) is 33.8 Å². The van der Waals surface area contributed by atoms with Crippen molar-refractivity contribution in [3.8, 4) is 16.8 Å². The molecule has 0 aliphatic rings. The van der Waals surface area contributed by atoms with Crippen LogP contribution < -0.4 is 5.32 Å². The Morgan fingerprint density at radius 3 is 2.39 bits per heavy atom. The van der Waals surface area contributed by atoms with Crippen LogP contribution in [0.5, 0.6) is 0 Å². The molecule has 1 amide bonds. The average molecular weight is 371 g/mol. The molecule has 0 unspecified atom stereocenters. The van der Waals surface area contributed by atoms with Gasteiger partial charge in [0, 0.05) is 23.4 Å². The van der Waals surface area contributed by atoms with E-state index in [1.54, 1.807) is 6.26 Å². The van der Waals surface area contributed by atoms with Gasteiger partial charge in [0.05, 0.1) is 17.6 Å². The van der Waals surface area contributed by atoms with Crippen LogP contribution in [-0.4, -0.2) is 15.7 Å². The first-order valence-corrected chi connectivity index (χ1v) is 9.17. The standard InChI is InChI=1S/C23H21N3O2/c1-16-21(17(2)26(25-16)19-11-7-4-8-12-19)15-24-23(27)22-20(13-14-28-22)18-9-5-3-6-10-18/h3-14H,15H2,1-2H3,(H,24,27). The van der Waals surface area contributed by atoms with Crippen LogP contribution in [0.25, 0.3) is 16.8 Å². The van der Waals surface area contributed by atoms with Crippen molar-refractivity contribution >= 4 is 5.91 Å². The normalized spacial score (nSPS) is 10.8. The molecule has 2 aromatic heterocycles. The highest BCUT2D eigenvalue weighted by Crippen LogP contribution is 2.25. The van der Waals surface area contributed by atoms with Crippen LogP contribution in [0.4, 0.5) is 0 Å². The minimum absolute atomic E-state index is 0.241. The first kappa shape index (κ1) is 17.8. The number of amides is 1. The van der Waals surface area contributed by atoms with E-state index in [2.05, 4.69) is 10.4 Å². The summed E-state index contributed by atoms with van der Waals surface area (Å²) in [6, 6.07) is 21.5. The smallest absolute Gasteiger partial charge is 0.287 e. The molecule has 0 bridgehead atoms. The van der Waals surface area contributed by atoms with Crippen molar-refractivity contribution in [2.45, 2.75) is 20.4 Å². The number of hydrogen-bond donors (Lipinski definition) is 1. The van der Waals surface area contributed by atoms with Crippen LogP contribution in [0, 0.1) is 13.8 Å². The van der Waals surface area contributed by atoms with Gasteiger partial charge in [0.15, 0.2) is 5.76 Å². The molecule has 2 aromatic carbocycles. The van der Waals surface area contributed by atoms with E-state index in [1.807, 2.05) is 85.3 Å². The minimum Gasteiger partial charge on any atom is -0.459 e. The number of hydrogen-bond acceptors (Lipinski definition) is 3. The van der Waals surface area contributed by atoms with Crippen LogP contribution in [-0.2, 0) is 6.54 Å². The van der Waals surface area contributed by atoms with Gasteiger partial charge in [-0.1, -0.05) is 48.5 Å². The monoisotopic (exact) mass is 371 g/mol. The molecule has 0 fully saturated rings. The van der Waals surface area contributed by atoms with E-state index in [1.165, 1.54) is 0 Å². The van der Waals surface area contributed by atoms with Gasteiger partial charge in [0.2, 0.25) is 0 Å². The summed E-state index contributed by atoms with van der Waals surface area (Å²) in [4.78, 5) is 12.7. The van der Waals surface area contributed by atoms with Crippen molar-refractivity contribution in [1.82, 2.24) is 15.1 Å². The number of para-hydroxylation sites is 1. The lowest BCUT2D eigenvalue weighted by atomic mass is 10.1. The van der Waals surface area contributed by atoms with Gasteiger partial charge >= 0.3 is 0 Å². The number of nitrogens with one attached hydrogen (secondary N) is 1. The second kappa shape index (κ2) is 7.56. The number of aromatic nitrogens is 2. The Morgan fingerprint density at radius 1 is 1.00 bits per heavy atom. The lowest BCUT2D eigenvalue weighted by Gasteiger charge is -2.07. The van der Waals surface area contributed by atoms with Gasteiger partial charge < -0.3 is 9.73 Å². The molecule has 0 radical (unpaired) electrons. The summed E-state index contributed by atoms with van der Waals surface area (Å²) in [6.07, 6.45) is 1.54. The number of carbonyl (C=O) groups is 1. The lowest BCUT2D eigenvalue weighted by molar-refractivity contribution is 0.0924. The Morgan fingerprint density at radius 2 is 1.68 bits per heavy atom. The molecule has 4 aromatic rings. The summed E-state index contributed by atoms with van der Waals surface area (Å²) in [5, 5.41) is 7.60. The Kier molecular flexibility index (Phi) is 4.81. The molecule has 5 heteroatoms. The zero-order valence-electron chi connectivity index (χ0n) is 15.8. The molecule has 0 aliphatic heterocycles. The van der Waals surface area contributed by atoms with E-state index in [-0.39, 0.29) is 5.91 Å². The molecule has 1 N–H and O–H groups in total. The highest BCUT2D eigenvalue weighted by Gasteiger charge is 2.18. The molecule has 0 atom stereocenters. The topological polar surface area (TPSA) is 60.1 Å². The molecule has 4 rings (SSSR count). The van der Waals surface area contributed by atoms with Gasteiger partial charge in [-0.25, -0.2) is 4.68 Å². The van der Waals surface area contributed by atoms with Crippen LogP contribution in [0.3, 0.4) is 0 Å². The summed E-state index contributed by atoms with van der Waals surface area (Å²) >= 11 is 0. The molecule has 5 nitrogen and oxygen atoms in total. The van der Waals surface area contributed by atoms with Crippen molar-refractivity contribution in [3.05, 3.63) is 95.7 Å². The Bertz CT molecular complexity index is 1100. The molecular weight excluding hydrogens is 350 g/mol. The van der Waals surface area contributed by atoms with Gasteiger partial charge in [0.25, 0.3) is 5.91 Å². The number of benzene rings is 2. The van der Waals surface area contributed by atoms with Crippen LogP contribution in [0.1, 0.15) is 27.5 Å². The van der Waals surface area contributed by atoms with Crippen LogP contribution in [0.15, 0.2) is 77.4 Å². The van der Waals surface area contributed by atoms with E-state index in [0.29, 0.717) is 12.3 Å². The maximum absolute atomic E-state index is 12.7. The Balaban J connectivity index is 1.54. The maximum Gasteiger partial charge on any atom is 0.287 e. The maximum atomic E-state index is 12.7. The van der Waals surface area contributed by atoms with E-state index >= 15 is 0 Å². The Hall–Kier alpha value is -3.60. The SMILES string of the molecule is Cc1nn(-c2ccccc2)c(C)c1CNC(=O)c1occc1-c1ccccc1. The van der Waals surface area contributed by atoms with Gasteiger partial charge in [-0.2, -0.15) is 5.10 Å². The molecule has 2 heterocycles. The summed E-state index contributed by atoms with van der Waals surface area (Å²) < 4.78 is 7.37. The van der Waals surface area contributed by atoms with E-state index < -0.39 is 0 Å². The third-order valence-corrected chi connectivity index (χ3v) is 4.82. The first-order valence-electron chi connectivity index (χ1n) is 9.17. The summed E-state index contributed by atoms with van der Waals surface area (Å²) in [6.45, 7) is 4.35. The quantitative estimate of drug-likeness (QED) is 0.554. The second-order valence-electron chi connectivity index (χ2n) is 6.61. The lowest BCUT2D eigenvalue weighted by Crippen LogP contribution is -2.23. The van der Waals surface area contributed by atoms with Gasteiger partial charge in [-0.3, -0.25) is 4.79 Å². The third-order valence-electron chi connectivity index (χ3n) is 4.82. The minimum atomic E-state index is -0.241. The number of aryl methyl sites for hydroxylation is 1.